The molecule has 1 amide bonds. The fourth-order valence-corrected chi connectivity index (χ4v) is 1.95. The zero-order valence-corrected chi connectivity index (χ0v) is 10.7. The molecule has 4 nitrogen and oxygen atoms in total. The molecule has 1 rings (SSSR count). The molecule has 0 saturated carbocycles. The van der Waals surface area contributed by atoms with Gasteiger partial charge in [0, 0.05) is 19.0 Å². The molecule has 0 aliphatic carbocycles. The maximum Gasteiger partial charge on any atom is 0.240 e. The number of nitrogens with zero attached hydrogens (tertiary/aromatic N) is 1. The first-order valence-electron chi connectivity index (χ1n) is 5.96. The van der Waals surface area contributed by atoms with Crippen molar-refractivity contribution < 1.29 is 9.90 Å². The quantitative estimate of drug-likeness (QED) is 0.727. The molecule has 16 heavy (non-hydrogen) atoms. The zero-order chi connectivity index (χ0) is 12.5. The Kier molecular flexibility index (Phi) is 3.97. The third kappa shape index (κ3) is 2.95. The molecule has 1 saturated heterocycles. The molecule has 0 radical (unpaired) electrons. The molecule has 0 aromatic rings. The molecule has 0 bridgehead atoms. The number of amides is 1. The SMILES string of the molecule is CC(O)C1CCN(C(=O)[C@@H](N)C(C)(C)C)C1. The highest BCUT2D eigenvalue weighted by Gasteiger charge is 2.35. The number of aliphatic hydroxyl groups excluding tert-OH is 1. The minimum atomic E-state index is -0.458. The number of carbonyl (C=O) groups is 1. The Labute approximate surface area is 97.8 Å². The van der Waals surface area contributed by atoms with Crippen LogP contribution >= 0.6 is 0 Å². The van der Waals surface area contributed by atoms with Crippen LogP contribution in [0.1, 0.15) is 34.1 Å². The lowest BCUT2D eigenvalue weighted by Crippen LogP contribution is -2.49. The maximum atomic E-state index is 12.1. The summed E-state index contributed by atoms with van der Waals surface area (Å²) in [5, 5.41) is 9.48. The first-order valence-corrected chi connectivity index (χ1v) is 5.96. The largest absolute Gasteiger partial charge is 0.393 e. The molecule has 3 atom stereocenters. The van der Waals surface area contributed by atoms with E-state index in [9.17, 15) is 9.90 Å². The van der Waals surface area contributed by atoms with Gasteiger partial charge in [0.2, 0.25) is 5.91 Å². The van der Waals surface area contributed by atoms with E-state index in [0.29, 0.717) is 6.54 Å². The van der Waals surface area contributed by atoms with E-state index in [4.69, 9.17) is 5.73 Å². The molecule has 0 aromatic heterocycles. The zero-order valence-electron chi connectivity index (χ0n) is 10.7. The van der Waals surface area contributed by atoms with Crippen molar-refractivity contribution in [2.24, 2.45) is 17.1 Å². The summed E-state index contributed by atoms with van der Waals surface area (Å²) in [6.45, 7) is 9.05. The van der Waals surface area contributed by atoms with Gasteiger partial charge in [-0.2, -0.15) is 0 Å². The van der Waals surface area contributed by atoms with Gasteiger partial charge in [-0.3, -0.25) is 4.79 Å². The van der Waals surface area contributed by atoms with Gasteiger partial charge < -0.3 is 15.7 Å². The Hall–Kier alpha value is -0.610. The summed E-state index contributed by atoms with van der Waals surface area (Å²) < 4.78 is 0. The topological polar surface area (TPSA) is 66.6 Å². The van der Waals surface area contributed by atoms with Crippen LogP contribution in [0.3, 0.4) is 0 Å². The molecule has 1 aliphatic rings. The molecular formula is C12H24N2O2. The standard InChI is InChI=1S/C12H24N2O2/c1-8(15)9-5-6-14(7-9)11(16)10(13)12(2,3)4/h8-10,15H,5-7,13H2,1-4H3/t8?,9?,10-/m1/s1. The van der Waals surface area contributed by atoms with Crippen molar-refractivity contribution >= 4 is 5.91 Å². The van der Waals surface area contributed by atoms with Crippen LogP contribution in [0.5, 0.6) is 0 Å². The minimum absolute atomic E-state index is 0.00986. The van der Waals surface area contributed by atoms with Crippen LogP contribution in [0.15, 0.2) is 0 Å². The van der Waals surface area contributed by atoms with Crippen LogP contribution in [0.25, 0.3) is 0 Å². The third-order valence-electron chi connectivity index (χ3n) is 3.42. The van der Waals surface area contributed by atoms with Crippen LogP contribution in [0.2, 0.25) is 0 Å². The molecule has 94 valence electrons. The van der Waals surface area contributed by atoms with Gasteiger partial charge in [-0.15, -0.1) is 0 Å². The van der Waals surface area contributed by atoms with Gasteiger partial charge >= 0.3 is 0 Å². The lowest BCUT2D eigenvalue weighted by molar-refractivity contribution is -0.134. The monoisotopic (exact) mass is 228 g/mol. The highest BCUT2D eigenvalue weighted by molar-refractivity contribution is 5.82. The van der Waals surface area contributed by atoms with E-state index in [1.54, 1.807) is 11.8 Å². The number of carbonyl (C=O) groups excluding carboxylic acids is 1. The van der Waals surface area contributed by atoms with Gasteiger partial charge in [0.05, 0.1) is 12.1 Å². The predicted molar refractivity (Wildman–Crippen MR) is 63.8 cm³/mol. The fraction of sp³-hybridized carbons (Fsp3) is 0.917. The molecule has 4 heteroatoms. The van der Waals surface area contributed by atoms with Crippen molar-refractivity contribution in [3.05, 3.63) is 0 Å². The molecule has 2 unspecified atom stereocenters. The van der Waals surface area contributed by atoms with Crippen molar-refractivity contribution in [3.63, 3.8) is 0 Å². The average Bonchev–Trinajstić information content (AvgIpc) is 2.62. The number of rotatable bonds is 2. The molecule has 1 fully saturated rings. The smallest absolute Gasteiger partial charge is 0.240 e. The average molecular weight is 228 g/mol. The van der Waals surface area contributed by atoms with Crippen molar-refractivity contribution in [3.8, 4) is 0 Å². The Morgan fingerprint density at radius 2 is 2.06 bits per heavy atom. The minimum Gasteiger partial charge on any atom is -0.393 e. The molecule has 0 aromatic carbocycles. The lowest BCUT2D eigenvalue weighted by atomic mass is 9.86. The van der Waals surface area contributed by atoms with Crippen LogP contribution in [0.4, 0.5) is 0 Å². The second kappa shape index (κ2) is 4.72. The summed E-state index contributed by atoms with van der Waals surface area (Å²) in [5.41, 5.74) is 5.73. The van der Waals surface area contributed by atoms with E-state index in [1.165, 1.54) is 0 Å². The highest BCUT2D eigenvalue weighted by Crippen LogP contribution is 2.24. The number of hydrogen-bond acceptors (Lipinski definition) is 3. The summed E-state index contributed by atoms with van der Waals surface area (Å²) in [5.74, 6) is 0.215. The third-order valence-corrected chi connectivity index (χ3v) is 3.42. The van der Waals surface area contributed by atoms with Crippen molar-refractivity contribution in [1.82, 2.24) is 4.90 Å². The Balaban J connectivity index is 2.58. The first kappa shape index (κ1) is 13.5. The van der Waals surface area contributed by atoms with Crippen molar-refractivity contribution in [2.45, 2.75) is 46.3 Å². The van der Waals surface area contributed by atoms with Gasteiger partial charge in [0.15, 0.2) is 0 Å². The maximum absolute atomic E-state index is 12.1. The van der Waals surface area contributed by atoms with Gasteiger partial charge in [-0.1, -0.05) is 20.8 Å². The van der Waals surface area contributed by atoms with E-state index in [2.05, 4.69) is 0 Å². The van der Waals surface area contributed by atoms with Gasteiger partial charge in [-0.05, 0) is 18.8 Å². The van der Waals surface area contributed by atoms with Crippen LogP contribution < -0.4 is 5.73 Å². The highest BCUT2D eigenvalue weighted by atomic mass is 16.3. The van der Waals surface area contributed by atoms with Gasteiger partial charge in [-0.25, -0.2) is 0 Å². The van der Waals surface area contributed by atoms with E-state index in [0.717, 1.165) is 13.0 Å². The van der Waals surface area contributed by atoms with E-state index >= 15 is 0 Å². The lowest BCUT2D eigenvalue weighted by Gasteiger charge is -2.30. The number of likely N-dealkylation sites (tertiary alicyclic amines) is 1. The van der Waals surface area contributed by atoms with Crippen molar-refractivity contribution in [2.75, 3.05) is 13.1 Å². The summed E-state index contributed by atoms with van der Waals surface area (Å²) in [6.07, 6.45) is 0.531. The molecule has 0 spiro atoms. The van der Waals surface area contributed by atoms with Gasteiger partial charge in [0.1, 0.15) is 0 Å². The number of nitrogens with two attached hydrogens (primary N) is 1. The molecule has 1 heterocycles. The Bertz CT molecular complexity index is 258. The second-order valence-corrected chi connectivity index (χ2v) is 5.92. The molecule has 1 aliphatic heterocycles. The van der Waals surface area contributed by atoms with E-state index in [1.807, 2.05) is 20.8 Å². The van der Waals surface area contributed by atoms with Crippen LogP contribution in [-0.2, 0) is 4.79 Å². The Morgan fingerprint density at radius 1 is 1.50 bits per heavy atom. The molecular weight excluding hydrogens is 204 g/mol. The molecule has 3 N–H and O–H groups in total. The number of hydrogen-bond donors (Lipinski definition) is 2. The van der Waals surface area contributed by atoms with E-state index < -0.39 is 6.04 Å². The second-order valence-electron chi connectivity index (χ2n) is 5.92. The predicted octanol–water partition coefficient (Wildman–Crippen LogP) is 0.589. The van der Waals surface area contributed by atoms with Gasteiger partial charge in [0.25, 0.3) is 0 Å². The fourth-order valence-electron chi connectivity index (χ4n) is 1.95. The van der Waals surface area contributed by atoms with Crippen LogP contribution in [0, 0.1) is 11.3 Å². The normalized spacial score (nSPS) is 25.6. The van der Waals surface area contributed by atoms with E-state index in [-0.39, 0.29) is 23.3 Å². The summed E-state index contributed by atoms with van der Waals surface area (Å²) in [7, 11) is 0. The number of aliphatic hydroxyl groups is 1. The first-order chi connectivity index (χ1) is 7.23. The Morgan fingerprint density at radius 3 is 2.44 bits per heavy atom. The summed E-state index contributed by atoms with van der Waals surface area (Å²) in [6, 6.07) is -0.458. The van der Waals surface area contributed by atoms with Crippen molar-refractivity contribution in [1.29, 1.82) is 0 Å². The van der Waals surface area contributed by atoms with Crippen LogP contribution in [-0.4, -0.2) is 41.1 Å². The summed E-state index contributed by atoms with van der Waals surface area (Å²) >= 11 is 0. The summed E-state index contributed by atoms with van der Waals surface area (Å²) in [4.78, 5) is 13.9.